The molecule has 0 radical (unpaired) electrons. The van der Waals surface area contributed by atoms with Gasteiger partial charge in [-0.2, -0.15) is 0 Å². The lowest BCUT2D eigenvalue weighted by Gasteiger charge is -1.90. The van der Waals surface area contributed by atoms with Crippen molar-refractivity contribution in [3.63, 3.8) is 0 Å². The van der Waals surface area contributed by atoms with Crippen LogP contribution < -0.4 is 0 Å². The Morgan fingerprint density at radius 2 is 2.56 bits per heavy atom. The van der Waals surface area contributed by atoms with E-state index < -0.39 is 0 Å². The summed E-state index contributed by atoms with van der Waals surface area (Å²) in [6.07, 6.45) is 2.88. The van der Waals surface area contributed by atoms with E-state index in [9.17, 15) is 5.21 Å². The molecule has 0 aliphatic heterocycles. The Balaban J connectivity index is 2.80. The molecule has 0 saturated heterocycles. The predicted molar refractivity (Wildman–Crippen MR) is 33.4 cm³/mol. The number of nitrogens with zero attached hydrogens (tertiary/aromatic N) is 1. The molecule has 1 rings (SSSR count). The fraction of sp³-hybridized carbons (Fsp3) is 0.167. The van der Waals surface area contributed by atoms with Crippen molar-refractivity contribution in [1.29, 1.82) is 0 Å². The number of rotatable bonds is 1. The van der Waals surface area contributed by atoms with E-state index in [-0.39, 0.29) is 0 Å². The van der Waals surface area contributed by atoms with Gasteiger partial charge in [0.05, 0.1) is 6.26 Å². The fourth-order valence-electron chi connectivity index (χ4n) is 0.544. The summed E-state index contributed by atoms with van der Waals surface area (Å²) in [5.41, 5.74) is 0. The third kappa shape index (κ3) is 1.60. The Morgan fingerprint density at radius 1 is 1.78 bits per heavy atom. The van der Waals surface area contributed by atoms with E-state index in [1.165, 1.54) is 19.5 Å². The number of furan rings is 1. The number of hydroxylamine groups is 1. The van der Waals surface area contributed by atoms with Gasteiger partial charge in [-0.25, -0.2) is 4.74 Å². The zero-order valence-electron chi connectivity index (χ0n) is 5.07. The van der Waals surface area contributed by atoms with Crippen LogP contribution in [-0.4, -0.2) is 18.0 Å². The summed E-state index contributed by atoms with van der Waals surface area (Å²) in [5, 5.41) is 10.3. The minimum Gasteiger partial charge on any atom is -0.624 e. The van der Waals surface area contributed by atoms with Crippen molar-refractivity contribution in [2.24, 2.45) is 0 Å². The summed E-state index contributed by atoms with van der Waals surface area (Å²) in [7, 11) is 1.41. The van der Waals surface area contributed by atoms with Gasteiger partial charge in [-0.05, 0) is 12.1 Å². The molecule has 0 fully saturated rings. The second kappa shape index (κ2) is 2.35. The van der Waals surface area contributed by atoms with Gasteiger partial charge in [-0.1, -0.05) is 0 Å². The van der Waals surface area contributed by atoms with E-state index in [4.69, 9.17) is 4.42 Å². The van der Waals surface area contributed by atoms with Crippen LogP contribution in [-0.2, 0) is 0 Å². The molecule has 0 aromatic carbocycles. The topological polar surface area (TPSA) is 39.2 Å². The normalized spacial score (nSPS) is 11.9. The van der Waals surface area contributed by atoms with Crippen molar-refractivity contribution >= 4 is 6.21 Å². The van der Waals surface area contributed by atoms with E-state index in [1.807, 2.05) is 0 Å². The maximum Gasteiger partial charge on any atom is 0.217 e. The van der Waals surface area contributed by atoms with Gasteiger partial charge in [0.15, 0.2) is 5.76 Å². The average molecular weight is 125 g/mol. The van der Waals surface area contributed by atoms with Crippen LogP contribution >= 0.6 is 0 Å². The molecule has 0 amide bonds. The Morgan fingerprint density at radius 3 is 3.00 bits per heavy atom. The molecular weight excluding hydrogens is 118 g/mol. The lowest BCUT2D eigenvalue weighted by molar-refractivity contribution is -0.417. The summed E-state index contributed by atoms with van der Waals surface area (Å²) in [5.74, 6) is 0.576. The highest BCUT2D eigenvalue weighted by Gasteiger charge is 1.90. The Labute approximate surface area is 52.8 Å². The highest BCUT2D eigenvalue weighted by Crippen LogP contribution is 1.93. The van der Waals surface area contributed by atoms with E-state index in [2.05, 4.69) is 0 Å². The van der Waals surface area contributed by atoms with Gasteiger partial charge in [0, 0.05) is 0 Å². The van der Waals surface area contributed by atoms with Crippen LogP contribution in [0.15, 0.2) is 22.8 Å². The minimum absolute atomic E-state index is 0.576. The first-order chi connectivity index (χ1) is 4.29. The van der Waals surface area contributed by atoms with Crippen molar-refractivity contribution in [2.45, 2.75) is 0 Å². The van der Waals surface area contributed by atoms with Crippen LogP contribution in [0.2, 0.25) is 0 Å². The van der Waals surface area contributed by atoms with Gasteiger partial charge in [0.25, 0.3) is 0 Å². The standard InChI is InChI=1S/C6H7NO2/c1-7(8)5-6-3-2-4-9-6/h2-5H,1H3/b7-5+. The van der Waals surface area contributed by atoms with Gasteiger partial charge in [-0.3, -0.25) is 0 Å². The SMILES string of the molecule is C/[N+]([O-])=C\c1ccco1. The smallest absolute Gasteiger partial charge is 0.217 e. The molecule has 9 heavy (non-hydrogen) atoms. The largest absolute Gasteiger partial charge is 0.624 e. The highest BCUT2D eigenvalue weighted by atomic mass is 16.5. The summed E-state index contributed by atoms with van der Waals surface area (Å²) < 4.78 is 5.54. The van der Waals surface area contributed by atoms with E-state index >= 15 is 0 Å². The Kier molecular flexibility index (Phi) is 1.53. The summed E-state index contributed by atoms with van der Waals surface area (Å²) in [6.45, 7) is 0. The molecular formula is C6H7NO2. The molecule has 1 aromatic rings. The molecule has 3 nitrogen and oxygen atoms in total. The maximum absolute atomic E-state index is 10.3. The molecule has 0 aliphatic rings. The van der Waals surface area contributed by atoms with Gasteiger partial charge in [0.1, 0.15) is 7.05 Å². The van der Waals surface area contributed by atoms with Crippen LogP contribution in [0.5, 0.6) is 0 Å². The molecule has 1 aromatic heterocycles. The Bertz CT molecular complexity index is 197. The van der Waals surface area contributed by atoms with Crippen molar-refractivity contribution < 1.29 is 9.16 Å². The molecule has 1 heterocycles. The van der Waals surface area contributed by atoms with Crippen molar-refractivity contribution in [3.05, 3.63) is 29.4 Å². The molecule has 0 saturated carbocycles. The summed E-state index contributed by atoms with van der Waals surface area (Å²) >= 11 is 0. The molecule has 0 atom stereocenters. The second-order valence-corrected chi connectivity index (χ2v) is 1.69. The number of hydrogen-bond acceptors (Lipinski definition) is 2. The molecule has 0 bridgehead atoms. The van der Waals surface area contributed by atoms with Crippen LogP contribution in [0.3, 0.4) is 0 Å². The minimum atomic E-state index is 0.576. The Hall–Kier alpha value is -1.25. The van der Waals surface area contributed by atoms with E-state index in [0.717, 1.165) is 0 Å². The first-order valence-corrected chi connectivity index (χ1v) is 2.57. The van der Waals surface area contributed by atoms with Gasteiger partial charge < -0.3 is 9.62 Å². The van der Waals surface area contributed by atoms with Crippen molar-refractivity contribution in [1.82, 2.24) is 0 Å². The van der Waals surface area contributed by atoms with E-state index in [1.54, 1.807) is 12.1 Å². The first-order valence-electron chi connectivity index (χ1n) is 2.57. The predicted octanol–water partition coefficient (Wildman–Crippen LogP) is 0.839. The average Bonchev–Trinajstić information content (AvgIpc) is 2.15. The quantitative estimate of drug-likeness (QED) is 0.241. The zero-order valence-corrected chi connectivity index (χ0v) is 5.07. The van der Waals surface area contributed by atoms with Crippen LogP contribution in [0, 0.1) is 5.21 Å². The van der Waals surface area contributed by atoms with Crippen LogP contribution in [0.1, 0.15) is 5.76 Å². The molecule has 0 unspecified atom stereocenters. The molecule has 0 N–H and O–H groups in total. The summed E-state index contributed by atoms with van der Waals surface area (Å²) in [4.78, 5) is 0. The lowest BCUT2D eigenvalue weighted by atomic mass is 10.5. The molecule has 0 spiro atoms. The van der Waals surface area contributed by atoms with Gasteiger partial charge in [0.2, 0.25) is 6.21 Å². The third-order valence-electron chi connectivity index (χ3n) is 0.852. The van der Waals surface area contributed by atoms with E-state index in [0.29, 0.717) is 10.5 Å². The lowest BCUT2D eigenvalue weighted by Crippen LogP contribution is -1.95. The number of hydrogen-bond donors (Lipinski definition) is 0. The van der Waals surface area contributed by atoms with Crippen molar-refractivity contribution in [3.8, 4) is 0 Å². The van der Waals surface area contributed by atoms with Crippen LogP contribution in [0.25, 0.3) is 0 Å². The van der Waals surface area contributed by atoms with Gasteiger partial charge in [-0.15, -0.1) is 0 Å². The maximum atomic E-state index is 10.3. The highest BCUT2D eigenvalue weighted by molar-refractivity contribution is 5.71. The van der Waals surface area contributed by atoms with Gasteiger partial charge >= 0.3 is 0 Å². The molecule has 0 aliphatic carbocycles. The molecule has 48 valence electrons. The molecule has 3 heteroatoms. The first kappa shape index (κ1) is 5.88. The zero-order chi connectivity index (χ0) is 6.69. The second-order valence-electron chi connectivity index (χ2n) is 1.69. The third-order valence-corrected chi connectivity index (χ3v) is 0.852. The fourth-order valence-corrected chi connectivity index (χ4v) is 0.544. The summed E-state index contributed by atoms with van der Waals surface area (Å²) in [6, 6.07) is 3.45. The van der Waals surface area contributed by atoms with Crippen LogP contribution in [0.4, 0.5) is 0 Å². The van der Waals surface area contributed by atoms with Crippen molar-refractivity contribution in [2.75, 3.05) is 7.05 Å². The monoisotopic (exact) mass is 125 g/mol.